The summed E-state index contributed by atoms with van der Waals surface area (Å²) in [5, 5.41) is 1.30. The van der Waals surface area contributed by atoms with E-state index in [1.165, 1.54) is 44.4 Å². The highest BCUT2D eigenvalue weighted by Crippen LogP contribution is 2.46. The molecular weight excluding hydrogens is 374 g/mol. The van der Waals surface area contributed by atoms with Crippen LogP contribution < -0.4 is 4.57 Å². The van der Waals surface area contributed by atoms with Crippen LogP contribution in [0.3, 0.4) is 0 Å². The molecule has 1 aliphatic heterocycles. The Morgan fingerprint density at radius 1 is 0.871 bits per heavy atom. The molecule has 0 N–H and O–H groups in total. The van der Waals surface area contributed by atoms with Crippen molar-refractivity contribution in [1.82, 2.24) is 0 Å². The lowest BCUT2D eigenvalue weighted by atomic mass is 9.72. The molecule has 0 saturated carbocycles. The van der Waals surface area contributed by atoms with Crippen molar-refractivity contribution in [2.75, 3.05) is 0 Å². The van der Waals surface area contributed by atoms with Gasteiger partial charge in [-0.3, -0.25) is 0 Å². The van der Waals surface area contributed by atoms with Crippen molar-refractivity contribution in [2.24, 2.45) is 11.8 Å². The van der Waals surface area contributed by atoms with Crippen molar-refractivity contribution in [3.63, 3.8) is 0 Å². The highest BCUT2D eigenvalue weighted by molar-refractivity contribution is 5.88. The average Bonchev–Trinajstić information content (AvgIpc) is 2.73. The maximum absolute atomic E-state index is 4.79. The lowest BCUT2D eigenvalue weighted by Gasteiger charge is -2.37. The second kappa shape index (κ2) is 8.26. The Morgan fingerprint density at radius 2 is 1.55 bits per heavy atom. The van der Waals surface area contributed by atoms with Crippen LogP contribution in [0, 0.1) is 11.8 Å². The van der Waals surface area contributed by atoms with Crippen molar-refractivity contribution < 1.29 is 4.57 Å². The number of benzene rings is 2. The Balaban J connectivity index is 2.12. The van der Waals surface area contributed by atoms with Gasteiger partial charge >= 0.3 is 0 Å². The van der Waals surface area contributed by atoms with E-state index in [1.807, 2.05) is 0 Å². The van der Waals surface area contributed by atoms with Gasteiger partial charge in [-0.25, -0.2) is 0 Å². The molecule has 0 bridgehead atoms. The van der Waals surface area contributed by atoms with E-state index >= 15 is 0 Å². The van der Waals surface area contributed by atoms with E-state index < -0.39 is 0 Å². The second-order valence-corrected chi connectivity index (χ2v) is 10.2. The van der Waals surface area contributed by atoms with Gasteiger partial charge in [-0.05, 0) is 54.0 Å². The first-order valence-corrected chi connectivity index (χ1v) is 12.1. The van der Waals surface area contributed by atoms with Gasteiger partial charge in [0.15, 0.2) is 5.54 Å². The third-order valence-electron chi connectivity index (χ3n) is 7.13. The average molecular weight is 413 g/mol. The molecular formula is C30H38N+. The van der Waals surface area contributed by atoms with E-state index in [2.05, 4.69) is 94.6 Å². The standard InChI is InChI=1S/C30H38N/c1-8-30(9-2)22(7)29-25(17-21(5)6)18-23(16-20(3)4)19-26(29)28-15-14-24-12-10-11-13-27(24)31(28)30/h10-15,18-21H,7-9,16-17H2,1-6H3/q+1. The smallest absolute Gasteiger partial charge is 0.182 e. The Hall–Kier alpha value is -2.41. The van der Waals surface area contributed by atoms with Crippen molar-refractivity contribution in [3.05, 3.63) is 71.8 Å². The number of hydrogen-bond donors (Lipinski definition) is 0. The first-order chi connectivity index (χ1) is 14.8. The summed E-state index contributed by atoms with van der Waals surface area (Å²) < 4.78 is 2.62. The lowest BCUT2D eigenvalue weighted by Crippen LogP contribution is -2.60. The third kappa shape index (κ3) is 3.53. The molecule has 0 atom stereocenters. The van der Waals surface area contributed by atoms with Crippen LogP contribution in [0.2, 0.25) is 0 Å². The van der Waals surface area contributed by atoms with Gasteiger partial charge in [0.2, 0.25) is 11.2 Å². The Kier molecular flexibility index (Phi) is 5.81. The van der Waals surface area contributed by atoms with Crippen LogP contribution in [-0.4, -0.2) is 0 Å². The van der Waals surface area contributed by atoms with Crippen LogP contribution in [0.4, 0.5) is 0 Å². The molecule has 4 rings (SSSR count). The quantitative estimate of drug-likeness (QED) is 0.365. The fraction of sp³-hybridized carbons (Fsp3) is 0.433. The van der Waals surface area contributed by atoms with Crippen molar-refractivity contribution in [2.45, 2.75) is 72.8 Å². The van der Waals surface area contributed by atoms with Crippen molar-refractivity contribution in [1.29, 1.82) is 0 Å². The second-order valence-electron chi connectivity index (χ2n) is 10.2. The summed E-state index contributed by atoms with van der Waals surface area (Å²) in [7, 11) is 0. The number of rotatable bonds is 6. The first-order valence-electron chi connectivity index (χ1n) is 12.1. The van der Waals surface area contributed by atoms with Gasteiger partial charge in [0.25, 0.3) is 0 Å². The highest BCUT2D eigenvalue weighted by Gasteiger charge is 2.48. The van der Waals surface area contributed by atoms with Crippen LogP contribution in [0.15, 0.2) is 55.1 Å². The zero-order valence-electron chi connectivity index (χ0n) is 20.3. The van der Waals surface area contributed by atoms with E-state index in [0.29, 0.717) is 11.8 Å². The molecule has 0 unspecified atom stereocenters. The molecule has 0 radical (unpaired) electrons. The molecule has 162 valence electrons. The molecule has 1 heteroatoms. The van der Waals surface area contributed by atoms with Gasteiger partial charge in [-0.1, -0.05) is 66.3 Å². The van der Waals surface area contributed by atoms with Gasteiger partial charge in [-0.2, -0.15) is 4.57 Å². The molecule has 31 heavy (non-hydrogen) atoms. The number of hydrogen-bond acceptors (Lipinski definition) is 0. The minimum Gasteiger partial charge on any atom is -0.182 e. The molecule has 1 nitrogen and oxygen atoms in total. The number of fused-ring (bicyclic) bond motifs is 5. The van der Waals surface area contributed by atoms with Gasteiger partial charge < -0.3 is 0 Å². The fourth-order valence-corrected chi connectivity index (χ4v) is 5.75. The first kappa shape index (κ1) is 21.8. The normalized spacial score (nSPS) is 14.9. The van der Waals surface area contributed by atoms with Gasteiger partial charge in [-0.15, -0.1) is 0 Å². The van der Waals surface area contributed by atoms with Crippen LogP contribution in [0.25, 0.3) is 27.7 Å². The Bertz CT molecular complexity index is 1130. The zero-order valence-corrected chi connectivity index (χ0v) is 20.3. The van der Waals surface area contributed by atoms with Gasteiger partial charge in [0, 0.05) is 41.5 Å². The molecule has 3 aromatic rings. The van der Waals surface area contributed by atoms with E-state index in [0.717, 1.165) is 25.7 Å². The third-order valence-corrected chi connectivity index (χ3v) is 7.13. The van der Waals surface area contributed by atoms with Gasteiger partial charge in [0.05, 0.1) is 5.56 Å². The topological polar surface area (TPSA) is 3.88 Å². The Morgan fingerprint density at radius 3 is 2.19 bits per heavy atom. The summed E-state index contributed by atoms with van der Waals surface area (Å²) in [6.45, 7) is 18.7. The van der Waals surface area contributed by atoms with Crippen molar-refractivity contribution in [3.8, 4) is 11.3 Å². The number of nitrogens with zero attached hydrogens (tertiary/aromatic N) is 1. The number of aromatic nitrogens is 1. The van der Waals surface area contributed by atoms with E-state index in [-0.39, 0.29) is 5.54 Å². The molecule has 0 amide bonds. The highest BCUT2D eigenvalue weighted by atomic mass is 15.1. The predicted molar refractivity (Wildman–Crippen MR) is 134 cm³/mol. The monoisotopic (exact) mass is 412 g/mol. The van der Waals surface area contributed by atoms with Crippen LogP contribution in [0.5, 0.6) is 0 Å². The SMILES string of the molecule is C=C1c2c(CC(C)C)cc(CC(C)C)cc2-c2ccc3ccccc3[n+]2C1(CC)CC. The molecule has 0 saturated heterocycles. The summed E-state index contributed by atoms with van der Waals surface area (Å²) in [6.07, 6.45) is 4.31. The van der Waals surface area contributed by atoms with Crippen LogP contribution in [0.1, 0.15) is 71.1 Å². The van der Waals surface area contributed by atoms with E-state index in [1.54, 1.807) is 0 Å². The zero-order chi connectivity index (χ0) is 22.3. The summed E-state index contributed by atoms with van der Waals surface area (Å²) in [6, 6.07) is 18.4. The molecule has 2 heterocycles. The molecule has 0 spiro atoms. The maximum atomic E-state index is 4.79. The van der Waals surface area contributed by atoms with Gasteiger partial charge in [0.1, 0.15) is 0 Å². The van der Waals surface area contributed by atoms with Crippen LogP contribution >= 0.6 is 0 Å². The Labute approximate surface area is 188 Å². The largest absolute Gasteiger partial charge is 0.214 e. The molecule has 0 aliphatic carbocycles. The fourth-order valence-electron chi connectivity index (χ4n) is 5.75. The minimum absolute atomic E-state index is 0.0888. The summed E-state index contributed by atoms with van der Waals surface area (Å²) >= 11 is 0. The number of para-hydroxylation sites is 1. The number of pyridine rings is 1. The summed E-state index contributed by atoms with van der Waals surface area (Å²) in [5.74, 6) is 1.26. The number of allylic oxidation sites excluding steroid dienone is 1. The summed E-state index contributed by atoms with van der Waals surface area (Å²) in [4.78, 5) is 0. The summed E-state index contributed by atoms with van der Waals surface area (Å²) in [5.41, 5.74) is 9.61. The van der Waals surface area contributed by atoms with E-state index in [9.17, 15) is 0 Å². The lowest BCUT2D eigenvalue weighted by molar-refractivity contribution is -0.718. The van der Waals surface area contributed by atoms with Crippen LogP contribution in [-0.2, 0) is 18.4 Å². The predicted octanol–water partition coefficient (Wildman–Crippen LogP) is 7.73. The van der Waals surface area contributed by atoms with E-state index in [4.69, 9.17) is 6.58 Å². The minimum atomic E-state index is -0.0888. The molecule has 1 aliphatic rings. The molecule has 2 aromatic carbocycles. The van der Waals surface area contributed by atoms with Crippen molar-refractivity contribution >= 4 is 16.5 Å². The molecule has 1 aromatic heterocycles. The molecule has 0 fully saturated rings. The maximum Gasteiger partial charge on any atom is 0.214 e.